The van der Waals surface area contributed by atoms with Crippen molar-refractivity contribution in [2.45, 2.75) is 32.7 Å². The van der Waals surface area contributed by atoms with E-state index in [0.29, 0.717) is 18.2 Å². The molecule has 2 amide bonds. The summed E-state index contributed by atoms with van der Waals surface area (Å²) in [5.41, 5.74) is 3.17. The highest BCUT2D eigenvalue weighted by molar-refractivity contribution is 6.39. The fourth-order valence-corrected chi connectivity index (χ4v) is 3.52. The molecule has 0 aromatic heterocycles. The summed E-state index contributed by atoms with van der Waals surface area (Å²) in [7, 11) is 0. The number of likely N-dealkylation sites (tertiary alicyclic amines) is 1. The van der Waals surface area contributed by atoms with E-state index >= 15 is 0 Å². The first kappa shape index (κ1) is 20.1. The van der Waals surface area contributed by atoms with Crippen molar-refractivity contribution in [3.63, 3.8) is 0 Å². The largest absolute Gasteiger partial charge is 0.348 e. The van der Waals surface area contributed by atoms with E-state index in [9.17, 15) is 9.59 Å². The Bertz CT molecular complexity index is 766. The molecule has 2 N–H and O–H groups in total. The number of benzene rings is 2. The SMILES string of the molecule is CCc1ccc(NC(=O)C(=O)NCC2CCN(Cc3ccccc3)CC2)cc1. The van der Waals surface area contributed by atoms with Crippen molar-refractivity contribution >= 4 is 17.5 Å². The highest BCUT2D eigenvalue weighted by atomic mass is 16.2. The molecule has 0 bridgehead atoms. The van der Waals surface area contributed by atoms with E-state index in [0.717, 1.165) is 38.9 Å². The number of aryl methyl sites for hydroxylation is 1. The summed E-state index contributed by atoms with van der Waals surface area (Å²) in [6, 6.07) is 18.0. The summed E-state index contributed by atoms with van der Waals surface area (Å²) in [4.78, 5) is 26.6. The Morgan fingerprint density at radius 3 is 2.25 bits per heavy atom. The second kappa shape index (κ2) is 10.0. The van der Waals surface area contributed by atoms with Crippen LogP contribution in [0.2, 0.25) is 0 Å². The number of amides is 2. The molecule has 0 aliphatic carbocycles. The van der Waals surface area contributed by atoms with Crippen LogP contribution < -0.4 is 10.6 Å². The molecule has 28 heavy (non-hydrogen) atoms. The Morgan fingerprint density at radius 2 is 1.61 bits per heavy atom. The second-order valence-corrected chi connectivity index (χ2v) is 7.42. The molecule has 0 atom stereocenters. The van der Waals surface area contributed by atoms with Crippen molar-refractivity contribution in [1.29, 1.82) is 0 Å². The molecular formula is C23H29N3O2. The van der Waals surface area contributed by atoms with Gasteiger partial charge in [0.2, 0.25) is 0 Å². The van der Waals surface area contributed by atoms with E-state index in [1.54, 1.807) is 0 Å². The molecular weight excluding hydrogens is 350 g/mol. The lowest BCUT2D eigenvalue weighted by Gasteiger charge is -2.32. The molecule has 2 aromatic rings. The van der Waals surface area contributed by atoms with Gasteiger partial charge < -0.3 is 10.6 Å². The van der Waals surface area contributed by atoms with E-state index in [-0.39, 0.29) is 0 Å². The zero-order valence-corrected chi connectivity index (χ0v) is 16.5. The van der Waals surface area contributed by atoms with Crippen molar-refractivity contribution < 1.29 is 9.59 Å². The van der Waals surface area contributed by atoms with Gasteiger partial charge in [0.05, 0.1) is 0 Å². The predicted molar refractivity (Wildman–Crippen MR) is 112 cm³/mol. The number of hydrogen-bond donors (Lipinski definition) is 2. The molecule has 1 saturated heterocycles. The standard InChI is InChI=1S/C23H29N3O2/c1-2-18-8-10-21(11-9-18)25-23(28)22(27)24-16-19-12-14-26(15-13-19)17-20-6-4-3-5-7-20/h3-11,19H,2,12-17H2,1H3,(H,24,27)(H,25,28). The highest BCUT2D eigenvalue weighted by Gasteiger charge is 2.21. The summed E-state index contributed by atoms with van der Waals surface area (Å²) >= 11 is 0. The number of anilines is 1. The average Bonchev–Trinajstić information content (AvgIpc) is 2.74. The fraction of sp³-hybridized carbons (Fsp3) is 0.391. The number of nitrogens with one attached hydrogen (secondary N) is 2. The Balaban J connectivity index is 1.37. The molecule has 3 rings (SSSR count). The monoisotopic (exact) mass is 379 g/mol. The minimum Gasteiger partial charge on any atom is -0.348 e. The zero-order chi connectivity index (χ0) is 19.8. The van der Waals surface area contributed by atoms with Crippen LogP contribution in [0.3, 0.4) is 0 Å². The number of hydrogen-bond acceptors (Lipinski definition) is 3. The molecule has 5 nitrogen and oxygen atoms in total. The maximum Gasteiger partial charge on any atom is 0.313 e. The van der Waals surface area contributed by atoms with Crippen molar-refractivity contribution in [3.8, 4) is 0 Å². The van der Waals surface area contributed by atoms with E-state index in [1.165, 1.54) is 11.1 Å². The fourth-order valence-electron chi connectivity index (χ4n) is 3.52. The van der Waals surface area contributed by atoms with Crippen molar-refractivity contribution in [2.24, 2.45) is 5.92 Å². The van der Waals surface area contributed by atoms with Crippen LogP contribution in [-0.2, 0) is 22.6 Å². The molecule has 0 saturated carbocycles. The van der Waals surface area contributed by atoms with Crippen molar-refractivity contribution in [1.82, 2.24) is 10.2 Å². The molecule has 148 valence electrons. The van der Waals surface area contributed by atoms with Crippen LogP contribution in [0.15, 0.2) is 54.6 Å². The van der Waals surface area contributed by atoms with Gasteiger partial charge in [-0.3, -0.25) is 14.5 Å². The quantitative estimate of drug-likeness (QED) is 0.758. The first-order valence-electron chi connectivity index (χ1n) is 10.1. The van der Waals surface area contributed by atoms with Gasteiger partial charge in [-0.2, -0.15) is 0 Å². The van der Waals surface area contributed by atoms with Crippen LogP contribution in [0, 0.1) is 5.92 Å². The Morgan fingerprint density at radius 1 is 0.929 bits per heavy atom. The Labute approximate surface area is 167 Å². The van der Waals surface area contributed by atoms with Gasteiger partial charge in [0.15, 0.2) is 0 Å². The van der Waals surface area contributed by atoms with E-state index in [1.807, 2.05) is 30.3 Å². The zero-order valence-electron chi connectivity index (χ0n) is 16.5. The van der Waals surface area contributed by atoms with Crippen LogP contribution in [-0.4, -0.2) is 36.3 Å². The lowest BCUT2D eigenvalue weighted by molar-refractivity contribution is -0.136. The minimum atomic E-state index is -0.606. The van der Waals surface area contributed by atoms with Crippen LogP contribution in [0.1, 0.15) is 30.9 Å². The van der Waals surface area contributed by atoms with Gasteiger partial charge in [0.25, 0.3) is 0 Å². The van der Waals surface area contributed by atoms with Gasteiger partial charge in [-0.1, -0.05) is 49.4 Å². The van der Waals surface area contributed by atoms with Gasteiger partial charge in [-0.25, -0.2) is 0 Å². The molecule has 2 aromatic carbocycles. The molecule has 1 fully saturated rings. The van der Waals surface area contributed by atoms with Gasteiger partial charge in [-0.05, 0) is 61.5 Å². The normalized spacial score (nSPS) is 15.2. The average molecular weight is 380 g/mol. The van der Waals surface area contributed by atoms with Gasteiger partial charge in [-0.15, -0.1) is 0 Å². The lowest BCUT2D eigenvalue weighted by Crippen LogP contribution is -2.41. The summed E-state index contributed by atoms with van der Waals surface area (Å²) in [6.45, 7) is 5.64. The first-order chi connectivity index (χ1) is 13.6. The third kappa shape index (κ3) is 5.92. The van der Waals surface area contributed by atoms with Crippen LogP contribution >= 0.6 is 0 Å². The topological polar surface area (TPSA) is 61.4 Å². The molecule has 5 heteroatoms. The second-order valence-electron chi connectivity index (χ2n) is 7.42. The predicted octanol–water partition coefficient (Wildman–Crippen LogP) is 3.22. The van der Waals surface area contributed by atoms with Gasteiger partial charge >= 0.3 is 11.8 Å². The summed E-state index contributed by atoms with van der Waals surface area (Å²) in [6.07, 6.45) is 3.01. The van der Waals surface area contributed by atoms with Crippen LogP contribution in [0.4, 0.5) is 5.69 Å². The first-order valence-corrected chi connectivity index (χ1v) is 10.1. The molecule has 1 heterocycles. The minimum absolute atomic E-state index is 0.424. The van der Waals surface area contributed by atoms with E-state index < -0.39 is 11.8 Å². The van der Waals surface area contributed by atoms with E-state index in [2.05, 4.69) is 46.7 Å². The van der Waals surface area contributed by atoms with E-state index in [4.69, 9.17) is 0 Å². The molecule has 0 unspecified atom stereocenters. The van der Waals surface area contributed by atoms with Crippen molar-refractivity contribution in [3.05, 3.63) is 65.7 Å². The highest BCUT2D eigenvalue weighted by Crippen LogP contribution is 2.18. The molecule has 0 spiro atoms. The number of carbonyl (C=O) groups is 2. The van der Waals surface area contributed by atoms with Gasteiger partial charge in [0.1, 0.15) is 0 Å². The molecule has 0 radical (unpaired) electrons. The summed E-state index contributed by atoms with van der Waals surface area (Å²) in [5.74, 6) is -0.746. The number of nitrogens with zero attached hydrogens (tertiary/aromatic N) is 1. The maximum atomic E-state index is 12.1. The number of piperidine rings is 1. The summed E-state index contributed by atoms with van der Waals surface area (Å²) in [5, 5.41) is 5.45. The van der Waals surface area contributed by atoms with Gasteiger partial charge in [0, 0.05) is 18.8 Å². The molecule has 1 aliphatic heterocycles. The number of carbonyl (C=O) groups excluding carboxylic acids is 2. The lowest BCUT2D eigenvalue weighted by atomic mass is 9.96. The van der Waals surface area contributed by atoms with Crippen LogP contribution in [0.5, 0.6) is 0 Å². The smallest absolute Gasteiger partial charge is 0.313 e. The van der Waals surface area contributed by atoms with Crippen molar-refractivity contribution in [2.75, 3.05) is 25.0 Å². The molecule has 1 aliphatic rings. The number of rotatable bonds is 6. The third-order valence-electron chi connectivity index (χ3n) is 5.33. The maximum absolute atomic E-state index is 12.1. The van der Waals surface area contributed by atoms with Crippen LogP contribution in [0.25, 0.3) is 0 Å². The summed E-state index contributed by atoms with van der Waals surface area (Å²) < 4.78 is 0. The Kier molecular flexibility index (Phi) is 7.20. The Hall–Kier alpha value is -2.66. The third-order valence-corrected chi connectivity index (χ3v) is 5.33.